The van der Waals surface area contributed by atoms with Crippen LogP contribution in [0.1, 0.15) is 12.5 Å². The molecule has 5 heteroatoms. The van der Waals surface area contributed by atoms with E-state index in [-0.39, 0.29) is 0 Å². The summed E-state index contributed by atoms with van der Waals surface area (Å²) >= 11 is 0. The summed E-state index contributed by atoms with van der Waals surface area (Å²) in [6, 6.07) is 7.86. The van der Waals surface area contributed by atoms with Gasteiger partial charge in [-0.1, -0.05) is 12.1 Å². The van der Waals surface area contributed by atoms with Crippen LogP contribution in [0.4, 0.5) is 11.5 Å². The molecule has 0 saturated carbocycles. The lowest BCUT2D eigenvalue weighted by atomic mass is 10.2. The fraction of sp³-hybridized carbons (Fsp3) is 0.231. The van der Waals surface area contributed by atoms with Crippen molar-refractivity contribution in [1.82, 2.24) is 9.97 Å². The molecule has 5 nitrogen and oxygen atoms in total. The predicted octanol–water partition coefficient (Wildman–Crippen LogP) is 2.08. The van der Waals surface area contributed by atoms with Crippen LogP contribution >= 0.6 is 0 Å². The van der Waals surface area contributed by atoms with Gasteiger partial charge in [0.25, 0.3) is 0 Å². The van der Waals surface area contributed by atoms with Crippen molar-refractivity contribution in [3.63, 3.8) is 0 Å². The zero-order chi connectivity index (χ0) is 12.8. The first-order valence-electron chi connectivity index (χ1n) is 5.82. The number of benzene rings is 1. The second kappa shape index (κ2) is 5.97. The van der Waals surface area contributed by atoms with Gasteiger partial charge in [0, 0.05) is 12.2 Å². The lowest BCUT2D eigenvalue weighted by molar-refractivity contribution is 0.326. The quantitative estimate of drug-likeness (QED) is 0.842. The summed E-state index contributed by atoms with van der Waals surface area (Å²) < 4.78 is 5.29. The summed E-state index contributed by atoms with van der Waals surface area (Å²) in [6.07, 6.45) is 3.24. The Morgan fingerprint density at radius 3 is 2.67 bits per heavy atom. The van der Waals surface area contributed by atoms with Crippen LogP contribution in [0.2, 0.25) is 0 Å². The molecule has 2 aromatic rings. The minimum atomic E-state index is 0.515. The molecule has 18 heavy (non-hydrogen) atoms. The Morgan fingerprint density at radius 2 is 2.00 bits per heavy atom. The topological polar surface area (TPSA) is 73.1 Å². The molecule has 1 aromatic carbocycles. The lowest BCUT2D eigenvalue weighted by Crippen LogP contribution is -2.00. The number of hydrogen-bond acceptors (Lipinski definition) is 5. The van der Waals surface area contributed by atoms with Crippen LogP contribution in [0.25, 0.3) is 0 Å². The van der Waals surface area contributed by atoms with Crippen molar-refractivity contribution >= 4 is 11.5 Å². The van der Waals surface area contributed by atoms with E-state index in [1.165, 1.54) is 0 Å². The van der Waals surface area contributed by atoms with E-state index >= 15 is 0 Å². The molecule has 0 fully saturated rings. The molecule has 94 valence electrons. The van der Waals surface area contributed by atoms with Gasteiger partial charge in [-0.25, -0.2) is 0 Å². The molecule has 0 aliphatic carbocycles. The van der Waals surface area contributed by atoms with Crippen molar-refractivity contribution in [2.24, 2.45) is 5.73 Å². The number of nitrogens with one attached hydrogen (secondary N) is 1. The highest BCUT2D eigenvalue weighted by Gasteiger charge is 2.00. The average Bonchev–Trinajstić information content (AvgIpc) is 2.40. The molecule has 0 amide bonds. The van der Waals surface area contributed by atoms with Gasteiger partial charge in [0.2, 0.25) is 5.88 Å². The number of anilines is 2. The van der Waals surface area contributed by atoms with Gasteiger partial charge in [-0.05, 0) is 24.6 Å². The highest BCUT2D eigenvalue weighted by atomic mass is 16.5. The largest absolute Gasteiger partial charge is 0.477 e. The van der Waals surface area contributed by atoms with Crippen molar-refractivity contribution in [2.45, 2.75) is 13.5 Å². The number of hydrogen-bond donors (Lipinski definition) is 2. The molecular weight excluding hydrogens is 228 g/mol. The zero-order valence-electron chi connectivity index (χ0n) is 10.3. The molecule has 0 aliphatic rings. The predicted molar refractivity (Wildman–Crippen MR) is 70.8 cm³/mol. The maximum atomic E-state index is 5.55. The molecule has 0 unspecified atom stereocenters. The molecule has 1 aromatic heterocycles. The Kier molecular flexibility index (Phi) is 4.09. The summed E-state index contributed by atoms with van der Waals surface area (Å²) in [5, 5.41) is 3.16. The van der Waals surface area contributed by atoms with E-state index in [1.54, 1.807) is 12.4 Å². The van der Waals surface area contributed by atoms with E-state index < -0.39 is 0 Å². The van der Waals surface area contributed by atoms with Gasteiger partial charge >= 0.3 is 0 Å². The van der Waals surface area contributed by atoms with E-state index in [1.807, 2.05) is 31.2 Å². The lowest BCUT2D eigenvalue weighted by Gasteiger charge is -2.07. The third kappa shape index (κ3) is 3.18. The van der Waals surface area contributed by atoms with Gasteiger partial charge in [0.1, 0.15) is 0 Å². The molecule has 0 radical (unpaired) electrons. The number of nitrogens with two attached hydrogens (primary N) is 1. The van der Waals surface area contributed by atoms with Crippen LogP contribution in [0.5, 0.6) is 5.88 Å². The van der Waals surface area contributed by atoms with Gasteiger partial charge < -0.3 is 15.8 Å². The molecule has 0 aliphatic heterocycles. The van der Waals surface area contributed by atoms with E-state index in [0.717, 1.165) is 11.3 Å². The number of aromatic nitrogens is 2. The molecule has 3 N–H and O–H groups in total. The molecule has 0 saturated heterocycles. The molecule has 0 bridgehead atoms. The minimum Gasteiger partial charge on any atom is -0.477 e. The van der Waals surface area contributed by atoms with Crippen LogP contribution in [-0.4, -0.2) is 16.6 Å². The Labute approximate surface area is 106 Å². The van der Waals surface area contributed by atoms with E-state index in [0.29, 0.717) is 24.8 Å². The third-order valence-corrected chi connectivity index (χ3v) is 2.37. The van der Waals surface area contributed by atoms with Crippen LogP contribution in [-0.2, 0) is 6.54 Å². The molecule has 0 atom stereocenters. The van der Waals surface area contributed by atoms with Gasteiger partial charge in [0.05, 0.1) is 19.0 Å². The first-order chi connectivity index (χ1) is 8.81. The van der Waals surface area contributed by atoms with Crippen LogP contribution < -0.4 is 15.8 Å². The number of nitrogens with zero attached hydrogens (tertiary/aromatic N) is 2. The van der Waals surface area contributed by atoms with Gasteiger partial charge in [0.15, 0.2) is 5.82 Å². The highest BCUT2D eigenvalue weighted by molar-refractivity contribution is 5.55. The van der Waals surface area contributed by atoms with Crippen molar-refractivity contribution in [1.29, 1.82) is 0 Å². The Bertz CT molecular complexity index is 499. The summed E-state index contributed by atoms with van der Waals surface area (Å²) in [5.41, 5.74) is 7.58. The standard InChI is InChI=1S/C13H16N4O/c1-2-18-13-9-15-8-12(17-13)16-11-5-3-10(7-14)4-6-11/h3-6,8-9H,2,7,14H2,1H3,(H,16,17). The fourth-order valence-electron chi connectivity index (χ4n) is 1.50. The van der Waals surface area contributed by atoms with Crippen LogP contribution in [0.3, 0.4) is 0 Å². The molecule has 1 heterocycles. The van der Waals surface area contributed by atoms with Gasteiger partial charge in [-0.15, -0.1) is 0 Å². The Hall–Kier alpha value is -2.14. The summed E-state index contributed by atoms with van der Waals surface area (Å²) in [5.74, 6) is 1.17. The SMILES string of the molecule is CCOc1cncc(Nc2ccc(CN)cc2)n1. The zero-order valence-corrected chi connectivity index (χ0v) is 10.3. The third-order valence-electron chi connectivity index (χ3n) is 2.37. The second-order valence-corrected chi connectivity index (χ2v) is 3.70. The number of rotatable bonds is 5. The summed E-state index contributed by atoms with van der Waals surface area (Å²) in [4.78, 5) is 8.34. The van der Waals surface area contributed by atoms with Crippen molar-refractivity contribution < 1.29 is 4.74 Å². The van der Waals surface area contributed by atoms with Crippen molar-refractivity contribution in [2.75, 3.05) is 11.9 Å². The Balaban J connectivity index is 2.09. The molecule has 0 spiro atoms. The maximum absolute atomic E-state index is 5.55. The van der Waals surface area contributed by atoms with Crippen LogP contribution in [0, 0.1) is 0 Å². The molecule has 2 rings (SSSR count). The minimum absolute atomic E-state index is 0.515. The van der Waals surface area contributed by atoms with Crippen molar-refractivity contribution in [3.05, 3.63) is 42.2 Å². The Morgan fingerprint density at radius 1 is 1.22 bits per heavy atom. The van der Waals surface area contributed by atoms with Gasteiger partial charge in [-0.3, -0.25) is 4.98 Å². The second-order valence-electron chi connectivity index (χ2n) is 3.70. The van der Waals surface area contributed by atoms with Crippen LogP contribution in [0.15, 0.2) is 36.7 Å². The van der Waals surface area contributed by atoms with E-state index in [2.05, 4.69) is 15.3 Å². The highest BCUT2D eigenvalue weighted by Crippen LogP contribution is 2.16. The first kappa shape index (κ1) is 12.3. The normalized spacial score (nSPS) is 10.1. The first-order valence-corrected chi connectivity index (χ1v) is 5.82. The summed E-state index contributed by atoms with van der Waals surface area (Å²) in [7, 11) is 0. The van der Waals surface area contributed by atoms with E-state index in [4.69, 9.17) is 10.5 Å². The molecular formula is C13H16N4O. The smallest absolute Gasteiger partial charge is 0.234 e. The maximum Gasteiger partial charge on any atom is 0.234 e. The van der Waals surface area contributed by atoms with Crippen molar-refractivity contribution in [3.8, 4) is 5.88 Å². The number of ether oxygens (including phenoxy) is 1. The average molecular weight is 244 g/mol. The summed E-state index contributed by atoms with van der Waals surface area (Å²) in [6.45, 7) is 3.02. The van der Waals surface area contributed by atoms with E-state index in [9.17, 15) is 0 Å². The van der Waals surface area contributed by atoms with Gasteiger partial charge in [-0.2, -0.15) is 4.98 Å². The fourth-order valence-corrected chi connectivity index (χ4v) is 1.50. The monoisotopic (exact) mass is 244 g/mol.